The van der Waals surface area contributed by atoms with Crippen molar-refractivity contribution in [2.45, 2.75) is 33.1 Å². The van der Waals surface area contributed by atoms with Crippen molar-refractivity contribution in [1.82, 2.24) is 15.1 Å². The maximum atomic E-state index is 12.8. The van der Waals surface area contributed by atoms with E-state index >= 15 is 0 Å². The van der Waals surface area contributed by atoms with Crippen molar-refractivity contribution in [3.05, 3.63) is 47.5 Å². The molecule has 0 atom stereocenters. The molecule has 0 aromatic heterocycles. The van der Waals surface area contributed by atoms with Gasteiger partial charge in [-0.1, -0.05) is 38.1 Å². The number of carbonyl (C=O) groups is 3. The number of benzene rings is 2. The summed E-state index contributed by atoms with van der Waals surface area (Å²) >= 11 is 0. The summed E-state index contributed by atoms with van der Waals surface area (Å²) in [7, 11) is 0. The molecule has 2 aromatic carbocycles. The molecule has 6 heteroatoms. The van der Waals surface area contributed by atoms with Crippen LogP contribution < -0.4 is 5.32 Å². The van der Waals surface area contributed by atoms with Crippen LogP contribution in [0.4, 0.5) is 0 Å². The van der Waals surface area contributed by atoms with Gasteiger partial charge in [0.2, 0.25) is 5.91 Å². The molecular weight excluding hydrogens is 366 g/mol. The summed E-state index contributed by atoms with van der Waals surface area (Å²) in [5.41, 5.74) is 1.11. The van der Waals surface area contributed by atoms with E-state index < -0.39 is 0 Å². The lowest BCUT2D eigenvalue weighted by molar-refractivity contribution is -0.121. The fourth-order valence-corrected chi connectivity index (χ4v) is 3.84. The Kier molecular flexibility index (Phi) is 6.99. The normalized spacial score (nSPS) is 13.4. The van der Waals surface area contributed by atoms with E-state index in [1.165, 1.54) is 4.90 Å². The van der Waals surface area contributed by atoms with Crippen molar-refractivity contribution in [2.75, 3.05) is 32.7 Å². The number of nitrogens with zero attached hydrogens (tertiary/aromatic N) is 2. The Morgan fingerprint density at radius 1 is 0.966 bits per heavy atom. The van der Waals surface area contributed by atoms with Crippen LogP contribution in [0.3, 0.4) is 0 Å². The average Bonchev–Trinajstić information content (AvgIpc) is 2.74. The van der Waals surface area contributed by atoms with E-state index in [0.717, 1.165) is 36.8 Å². The SMILES string of the molecule is CCN(CC)CCCNC(=O)CCCN1C(=O)c2cccc3cccc(c23)C1=O. The van der Waals surface area contributed by atoms with Gasteiger partial charge in [-0.15, -0.1) is 0 Å². The van der Waals surface area contributed by atoms with E-state index in [-0.39, 0.29) is 24.3 Å². The maximum Gasteiger partial charge on any atom is 0.261 e. The van der Waals surface area contributed by atoms with Crippen LogP contribution in [0.25, 0.3) is 10.8 Å². The predicted molar refractivity (Wildman–Crippen MR) is 114 cm³/mol. The molecule has 0 saturated heterocycles. The van der Waals surface area contributed by atoms with E-state index in [4.69, 9.17) is 0 Å². The van der Waals surface area contributed by atoms with Gasteiger partial charge in [-0.3, -0.25) is 19.3 Å². The highest BCUT2D eigenvalue weighted by Gasteiger charge is 2.32. The van der Waals surface area contributed by atoms with Crippen LogP contribution in [0, 0.1) is 0 Å². The molecule has 3 amide bonds. The van der Waals surface area contributed by atoms with Crippen LogP contribution >= 0.6 is 0 Å². The van der Waals surface area contributed by atoms with Crippen LogP contribution in [0.1, 0.15) is 53.8 Å². The first-order valence-electron chi connectivity index (χ1n) is 10.4. The lowest BCUT2D eigenvalue weighted by Crippen LogP contribution is -2.41. The van der Waals surface area contributed by atoms with Gasteiger partial charge in [0, 0.05) is 36.0 Å². The van der Waals surface area contributed by atoms with Crippen molar-refractivity contribution in [3.63, 3.8) is 0 Å². The molecular formula is C23H29N3O3. The molecule has 1 aliphatic heterocycles. The number of hydrogen-bond acceptors (Lipinski definition) is 4. The summed E-state index contributed by atoms with van der Waals surface area (Å²) in [5, 5.41) is 4.55. The zero-order valence-corrected chi connectivity index (χ0v) is 17.2. The van der Waals surface area contributed by atoms with Crippen molar-refractivity contribution in [2.24, 2.45) is 0 Å². The Morgan fingerprint density at radius 2 is 1.59 bits per heavy atom. The van der Waals surface area contributed by atoms with Crippen LogP contribution in [0.5, 0.6) is 0 Å². The third-order valence-corrected chi connectivity index (χ3v) is 5.51. The molecule has 3 rings (SSSR count). The highest BCUT2D eigenvalue weighted by Crippen LogP contribution is 2.29. The zero-order valence-electron chi connectivity index (χ0n) is 17.2. The second-order valence-corrected chi connectivity index (χ2v) is 7.31. The number of imide groups is 1. The summed E-state index contributed by atoms with van der Waals surface area (Å²) in [6.07, 6.45) is 1.67. The first kappa shape index (κ1) is 21.0. The van der Waals surface area contributed by atoms with Gasteiger partial charge in [0.05, 0.1) is 0 Å². The second-order valence-electron chi connectivity index (χ2n) is 7.31. The van der Waals surface area contributed by atoms with Crippen LogP contribution in [-0.2, 0) is 4.79 Å². The molecule has 2 aromatic rings. The molecule has 154 valence electrons. The third-order valence-electron chi connectivity index (χ3n) is 5.51. The van der Waals surface area contributed by atoms with Crippen molar-refractivity contribution < 1.29 is 14.4 Å². The molecule has 0 fully saturated rings. The van der Waals surface area contributed by atoms with Crippen molar-refractivity contribution in [1.29, 1.82) is 0 Å². The fraction of sp³-hybridized carbons (Fsp3) is 0.435. The van der Waals surface area contributed by atoms with Crippen LogP contribution in [-0.4, -0.2) is 60.2 Å². The highest BCUT2D eigenvalue weighted by molar-refractivity contribution is 6.25. The second kappa shape index (κ2) is 9.65. The minimum atomic E-state index is -0.279. The Balaban J connectivity index is 1.51. The average molecular weight is 396 g/mol. The maximum absolute atomic E-state index is 12.8. The molecule has 0 saturated carbocycles. The molecule has 6 nitrogen and oxygen atoms in total. The lowest BCUT2D eigenvalue weighted by atomic mass is 9.94. The van der Waals surface area contributed by atoms with E-state index in [1.54, 1.807) is 12.1 Å². The Hall–Kier alpha value is -2.73. The summed E-state index contributed by atoms with van der Waals surface area (Å²) < 4.78 is 0. The Bertz CT molecular complexity index is 855. The predicted octanol–water partition coefficient (Wildman–Crippen LogP) is 3.06. The van der Waals surface area contributed by atoms with Crippen molar-refractivity contribution >= 4 is 28.5 Å². The zero-order chi connectivity index (χ0) is 20.8. The van der Waals surface area contributed by atoms with E-state index in [0.29, 0.717) is 30.5 Å². The molecule has 1 aliphatic rings. The van der Waals surface area contributed by atoms with Gasteiger partial charge in [-0.25, -0.2) is 0 Å². The van der Waals surface area contributed by atoms with E-state index in [9.17, 15) is 14.4 Å². The summed E-state index contributed by atoms with van der Waals surface area (Å²) in [5.74, 6) is -0.596. The number of rotatable bonds is 10. The van der Waals surface area contributed by atoms with Gasteiger partial charge in [-0.2, -0.15) is 0 Å². The van der Waals surface area contributed by atoms with E-state index in [2.05, 4.69) is 24.1 Å². The number of amides is 3. The largest absolute Gasteiger partial charge is 0.356 e. The van der Waals surface area contributed by atoms with Gasteiger partial charge >= 0.3 is 0 Å². The Labute approximate surface area is 171 Å². The standard InChI is InChI=1S/C23H29N3O3/c1-3-25(4-2)15-8-14-24-20(27)13-7-16-26-22(28)18-11-5-9-17-10-6-12-19(21(17)18)23(26)29/h5-6,9-12H,3-4,7-8,13-16H2,1-2H3,(H,24,27). The molecule has 0 radical (unpaired) electrons. The topological polar surface area (TPSA) is 69.7 Å². The first-order chi connectivity index (χ1) is 14.1. The molecule has 1 N–H and O–H groups in total. The monoisotopic (exact) mass is 395 g/mol. The summed E-state index contributed by atoms with van der Waals surface area (Å²) in [6, 6.07) is 11.0. The number of nitrogens with one attached hydrogen (secondary N) is 1. The van der Waals surface area contributed by atoms with Gasteiger partial charge in [0.1, 0.15) is 0 Å². The van der Waals surface area contributed by atoms with Crippen LogP contribution in [0.2, 0.25) is 0 Å². The molecule has 0 bridgehead atoms. The molecule has 0 unspecified atom stereocenters. The van der Waals surface area contributed by atoms with Gasteiger partial charge in [-0.05, 0) is 50.0 Å². The smallest absolute Gasteiger partial charge is 0.261 e. The number of carbonyl (C=O) groups excluding carboxylic acids is 3. The number of hydrogen-bond donors (Lipinski definition) is 1. The van der Waals surface area contributed by atoms with E-state index in [1.807, 2.05) is 24.3 Å². The molecule has 0 aliphatic carbocycles. The first-order valence-corrected chi connectivity index (χ1v) is 10.4. The van der Waals surface area contributed by atoms with Crippen LogP contribution in [0.15, 0.2) is 36.4 Å². The molecule has 0 spiro atoms. The third kappa shape index (κ3) is 4.65. The van der Waals surface area contributed by atoms with Gasteiger partial charge in [0.15, 0.2) is 0 Å². The van der Waals surface area contributed by atoms with Crippen molar-refractivity contribution in [3.8, 4) is 0 Å². The molecule has 29 heavy (non-hydrogen) atoms. The Morgan fingerprint density at radius 3 is 2.17 bits per heavy atom. The summed E-state index contributed by atoms with van der Waals surface area (Å²) in [4.78, 5) is 41.3. The minimum absolute atomic E-state index is 0.0380. The lowest BCUT2D eigenvalue weighted by Gasteiger charge is -2.27. The quantitative estimate of drug-likeness (QED) is 0.496. The highest BCUT2D eigenvalue weighted by atomic mass is 16.2. The van der Waals surface area contributed by atoms with Gasteiger partial charge < -0.3 is 10.2 Å². The molecule has 1 heterocycles. The minimum Gasteiger partial charge on any atom is -0.356 e. The van der Waals surface area contributed by atoms with Gasteiger partial charge in [0.25, 0.3) is 11.8 Å². The fourth-order valence-electron chi connectivity index (χ4n) is 3.84. The summed E-state index contributed by atoms with van der Waals surface area (Å²) in [6.45, 7) is 8.14.